The quantitative estimate of drug-likeness (QED) is 0.738. The van der Waals surface area contributed by atoms with Crippen LogP contribution in [0, 0.1) is 5.92 Å². The van der Waals surface area contributed by atoms with Gasteiger partial charge in [0, 0.05) is 17.9 Å². The molecule has 0 saturated heterocycles. The van der Waals surface area contributed by atoms with Gasteiger partial charge in [0.05, 0.1) is 11.6 Å². The third kappa shape index (κ3) is 1.67. The highest BCUT2D eigenvalue weighted by atomic mass is 32.2. The van der Waals surface area contributed by atoms with E-state index in [-0.39, 0.29) is 5.56 Å². The van der Waals surface area contributed by atoms with E-state index in [4.69, 9.17) is 5.11 Å². The third-order valence-electron chi connectivity index (χ3n) is 3.39. The molecule has 17 heavy (non-hydrogen) atoms. The van der Waals surface area contributed by atoms with Crippen molar-refractivity contribution in [2.24, 2.45) is 5.92 Å². The number of rotatable bonds is 1. The second-order valence-corrected chi connectivity index (χ2v) is 5.46. The molecule has 0 saturated carbocycles. The summed E-state index contributed by atoms with van der Waals surface area (Å²) in [5.74, 6) is -0.354. The van der Waals surface area contributed by atoms with E-state index in [1.807, 2.05) is 0 Å². The van der Waals surface area contributed by atoms with E-state index >= 15 is 0 Å². The molecule has 6 heteroatoms. The molecular formula is C11H12N2O3S. The predicted molar refractivity (Wildman–Crippen MR) is 62.4 cm³/mol. The highest BCUT2D eigenvalue weighted by molar-refractivity contribution is 7.99. The van der Waals surface area contributed by atoms with Gasteiger partial charge in [-0.05, 0) is 19.3 Å². The molecule has 0 fully saturated rings. The number of hydrogen-bond donors (Lipinski definition) is 1. The molecule has 2 aliphatic rings. The maximum absolute atomic E-state index is 12.2. The number of aliphatic carboxylic acids is 1. The zero-order valence-electron chi connectivity index (χ0n) is 9.18. The minimum absolute atomic E-state index is 0.0269. The first-order chi connectivity index (χ1) is 8.16. The molecule has 0 bridgehead atoms. The lowest BCUT2D eigenvalue weighted by molar-refractivity contribution is -0.142. The van der Waals surface area contributed by atoms with Crippen LogP contribution in [0.2, 0.25) is 0 Å². The zero-order valence-corrected chi connectivity index (χ0v) is 10.00. The fourth-order valence-corrected chi connectivity index (χ4v) is 3.40. The van der Waals surface area contributed by atoms with Crippen LogP contribution in [-0.2, 0) is 24.2 Å². The van der Waals surface area contributed by atoms with E-state index in [9.17, 15) is 9.59 Å². The van der Waals surface area contributed by atoms with Crippen molar-refractivity contribution in [1.82, 2.24) is 9.55 Å². The average molecular weight is 252 g/mol. The Labute approximate surface area is 102 Å². The molecule has 1 N–H and O–H groups in total. The summed E-state index contributed by atoms with van der Waals surface area (Å²) < 4.78 is 1.67. The number of hydrogen-bond acceptors (Lipinski definition) is 4. The van der Waals surface area contributed by atoms with Crippen LogP contribution in [0.25, 0.3) is 0 Å². The van der Waals surface area contributed by atoms with Crippen molar-refractivity contribution in [3.63, 3.8) is 0 Å². The molecule has 0 aromatic carbocycles. The van der Waals surface area contributed by atoms with Crippen molar-refractivity contribution in [3.8, 4) is 0 Å². The van der Waals surface area contributed by atoms with Crippen LogP contribution in [0.4, 0.5) is 0 Å². The molecule has 1 aliphatic heterocycles. The lowest BCUT2D eigenvalue weighted by atomic mass is 9.87. The van der Waals surface area contributed by atoms with Crippen molar-refractivity contribution in [2.45, 2.75) is 31.0 Å². The monoisotopic (exact) mass is 252 g/mol. The number of carboxylic acids is 1. The Hall–Kier alpha value is -1.30. The summed E-state index contributed by atoms with van der Waals surface area (Å²) in [5.41, 5.74) is 1.41. The second-order valence-electron chi connectivity index (χ2n) is 4.40. The number of thioether (sulfide) groups is 1. The Kier molecular flexibility index (Phi) is 2.47. The smallest absolute Gasteiger partial charge is 0.306 e. The van der Waals surface area contributed by atoms with Crippen LogP contribution >= 0.6 is 11.8 Å². The van der Waals surface area contributed by atoms with Gasteiger partial charge in [-0.15, -0.1) is 0 Å². The standard InChI is InChI=1S/C11H12N2O3S/c14-9-7-5-6(10(15)16)1-2-8(7)12-11-13(9)3-4-17-11/h6H,1-5H2,(H,15,16). The largest absolute Gasteiger partial charge is 0.481 e. The fourth-order valence-electron chi connectivity index (χ4n) is 2.43. The van der Waals surface area contributed by atoms with Crippen LogP contribution in [0.3, 0.4) is 0 Å². The summed E-state index contributed by atoms with van der Waals surface area (Å²) in [4.78, 5) is 27.6. The van der Waals surface area contributed by atoms with Crippen molar-refractivity contribution >= 4 is 17.7 Å². The van der Waals surface area contributed by atoms with Crippen molar-refractivity contribution in [3.05, 3.63) is 21.6 Å². The Bertz CT molecular complexity index is 552. The highest BCUT2D eigenvalue weighted by Crippen LogP contribution is 2.27. The molecule has 90 valence electrons. The van der Waals surface area contributed by atoms with Gasteiger partial charge < -0.3 is 5.11 Å². The van der Waals surface area contributed by atoms with Gasteiger partial charge in [0.1, 0.15) is 0 Å². The van der Waals surface area contributed by atoms with E-state index in [1.54, 1.807) is 16.3 Å². The van der Waals surface area contributed by atoms with Crippen molar-refractivity contribution in [1.29, 1.82) is 0 Å². The summed E-state index contributed by atoms with van der Waals surface area (Å²) in [7, 11) is 0. The lowest BCUT2D eigenvalue weighted by Gasteiger charge is -2.20. The van der Waals surface area contributed by atoms with Crippen molar-refractivity contribution < 1.29 is 9.90 Å². The van der Waals surface area contributed by atoms with Gasteiger partial charge in [0.2, 0.25) is 0 Å². The minimum Gasteiger partial charge on any atom is -0.481 e. The van der Waals surface area contributed by atoms with Gasteiger partial charge >= 0.3 is 5.97 Å². The Morgan fingerprint density at radius 3 is 3.12 bits per heavy atom. The second kappa shape index (κ2) is 3.87. The molecule has 0 radical (unpaired) electrons. The maximum Gasteiger partial charge on any atom is 0.306 e. The summed E-state index contributed by atoms with van der Waals surface area (Å²) in [6.07, 6.45) is 1.53. The fraction of sp³-hybridized carbons (Fsp3) is 0.545. The van der Waals surface area contributed by atoms with E-state index in [0.717, 1.165) is 16.6 Å². The molecule has 1 aliphatic carbocycles. The first kappa shape index (κ1) is 10.8. The lowest BCUT2D eigenvalue weighted by Crippen LogP contribution is -2.33. The van der Waals surface area contributed by atoms with Crippen LogP contribution in [0.15, 0.2) is 9.95 Å². The van der Waals surface area contributed by atoms with Gasteiger partial charge in [-0.3, -0.25) is 14.2 Å². The molecule has 0 spiro atoms. The van der Waals surface area contributed by atoms with Gasteiger partial charge in [0.25, 0.3) is 5.56 Å². The van der Waals surface area contributed by atoms with E-state index in [2.05, 4.69) is 4.98 Å². The van der Waals surface area contributed by atoms with Crippen molar-refractivity contribution in [2.75, 3.05) is 5.75 Å². The number of aryl methyl sites for hydroxylation is 1. The summed E-state index contributed by atoms with van der Waals surface area (Å²) in [6, 6.07) is 0. The molecule has 2 heterocycles. The minimum atomic E-state index is -0.810. The average Bonchev–Trinajstić information content (AvgIpc) is 2.77. The molecule has 1 aromatic rings. The number of aromatic nitrogens is 2. The first-order valence-corrected chi connectivity index (χ1v) is 6.63. The van der Waals surface area contributed by atoms with Gasteiger partial charge in [-0.1, -0.05) is 11.8 Å². The van der Waals surface area contributed by atoms with E-state index in [1.165, 1.54) is 0 Å². The molecule has 1 atom stereocenters. The van der Waals surface area contributed by atoms with E-state index in [0.29, 0.717) is 31.4 Å². The van der Waals surface area contributed by atoms with Gasteiger partial charge in [-0.25, -0.2) is 4.98 Å². The van der Waals surface area contributed by atoms with Crippen LogP contribution in [-0.4, -0.2) is 26.4 Å². The third-order valence-corrected chi connectivity index (χ3v) is 4.35. The predicted octanol–water partition coefficient (Wildman–Crippen LogP) is 0.539. The van der Waals surface area contributed by atoms with Crippen LogP contribution in [0.5, 0.6) is 0 Å². The Balaban J connectivity index is 2.08. The summed E-state index contributed by atoms with van der Waals surface area (Å²) in [6.45, 7) is 0.691. The summed E-state index contributed by atoms with van der Waals surface area (Å²) >= 11 is 1.60. The maximum atomic E-state index is 12.2. The molecule has 1 aromatic heterocycles. The molecule has 1 unspecified atom stereocenters. The molecule has 0 amide bonds. The normalized spacial score (nSPS) is 22.0. The van der Waals surface area contributed by atoms with Gasteiger partial charge in [-0.2, -0.15) is 0 Å². The highest BCUT2D eigenvalue weighted by Gasteiger charge is 2.29. The zero-order chi connectivity index (χ0) is 12.0. The number of carboxylic acid groups (broad SMARTS) is 1. The topological polar surface area (TPSA) is 72.2 Å². The van der Waals surface area contributed by atoms with E-state index < -0.39 is 11.9 Å². The molecular weight excluding hydrogens is 240 g/mol. The van der Waals surface area contributed by atoms with Crippen LogP contribution in [0.1, 0.15) is 17.7 Å². The first-order valence-electron chi connectivity index (χ1n) is 5.65. The number of fused-ring (bicyclic) bond motifs is 2. The Morgan fingerprint density at radius 2 is 2.35 bits per heavy atom. The number of nitrogens with zero attached hydrogens (tertiary/aromatic N) is 2. The molecule has 5 nitrogen and oxygen atoms in total. The SMILES string of the molecule is O=C(O)C1CCc2nc3n(c(=O)c2C1)CCS3. The van der Waals surface area contributed by atoms with Crippen LogP contribution < -0.4 is 5.56 Å². The summed E-state index contributed by atoms with van der Waals surface area (Å²) in [5, 5.41) is 9.81. The van der Waals surface area contributed by atoms with Gasteiger partial charge in [0.15, 0.2) is 5.16 Å². The number of carbonyl (C=O) groups is 1. The Morgan fingerprint density at radius 1 is 1.53 bits per heavy atom. The molecule has 3 rings (SSSR count).